The van der Waals surface area contributed by atoms with Gasteiger partial charge in [-0.1, -0.05) is 84.9 Å². The van der Waals surface area contributed by atoms with Crippen LogP contribution in [0, 0.1) is 0 Å². The number of fused-ring (bicyclic) bond motifs is 3. The third-order valence-electron chi connectivity index (χ3n) is 9.57. The molecule has 47 heavy (non-hydrogen) atoms. The summed E-state index contributed by atoms with van der Waals surface area (Å²) in [5.74, 6) is 0.742. The van der Waals surface area contributed by atoms with Gasteiger partial charge < -0.3 is 4.57 Å². The van der Waals surface area contributed by atoms with E-state index < -0.39 is 0 Å². The molecule has 0 bridgehead atoms. The van der Waals surface area contributed by atoms with Crippen molar-refractivity contribution in [2.24, 2.45) is 0 Å². The van der Waals surface area contributed by atoms with E-state index in [0.29, 0.717) is 0 Å². The van der Waals surface area contributed by atoms with E-state index in [1.165, 1.54) is 62.8 Å². The molecule has 0 fully saturated rings. The van der Waals surface area contributed by atoms with Crippen LogP contribution in [-0.2, 0) is 0 Å². The summed E-state index contributed by atoms with van der Waals surface area (Å²) < 4.78 is 7.41. The average molecular weight is 634 g/mol. The molecule has 0 unspecified atom stereocenters. The molecule has 0 N–H and O–H groups in total. The minimum atomic E-state index is 0.742. The summed E-state index contributed by atoms with van der Waals surface area (Å²) in [5.41, 5.74) is 7.68. The van der Waals surface area contributed by atoms with Crippen LogP contribution in [-0.4, -0.2) is 14.5 Å². The maximum Gasteiger partial charge on any atom is 0.160 e. The lowest BCUT2D eigenvalue weighted by molar-refractivity contribution is 1.18. The minimum absolute atomic E-state index is 0.742. The van der Waals surface area contributed by atoms with Gasteiger partial charge >= 0.3 is 0 Å². The average Bonchev–Trinajstić information content (AvgIpc) is 3.63. The predicted molar refractivity (Wildman–Crippen MR) is 202 cm³/mol. The van der Waals surface area contributed by atoms with Gasteiger partial charge in [0.2, 0.25) is 0 Å². The molecule has 11 aromatic rings. The van der Waals surface area contributed by atoms with E-state index >= 15 is 0 Å². The summed E-state index contributed by atoms with van der Waals surface area (Å²) in [7, 11) is 0. The van der Waals surface area contributed by atoms with Crippen molar-refractivity contribution in [2.75, 3.05) is 0 Å². The molecule has 4 aromatic heterocycles. The zero-order chi connectivity index (χ0) is 30.6. The van der Waals surface area contributed by atoms with Crippen LogP contribution in [0.2, 0.25) is 0 Å². The number of benzene rings is 7. The smallest absolute Gasteiger partial charge is 0.160 e. The van der Waals surface area contributed by atoms with Crippen molar-refractivity contribution < 1.29 is 0 Å². The van der Waals surface area contributed by atoms with E-state index in [4.69, 9.17) is 9.97 Å². The monoisotopic (exact) mass is 633 g/mol. The van der Waals surface area contributed by atoms with Gasteiger partial charge in [-0.25, -0.2) is 9.97 Å². The third-order valence-corrected chi connectivity index (χ3v) is 11.9. The molecule has 0 atom stereocenters. The number of hydrogen-bond acceptors (Lipinski definition) is 4. The SMILES string of the molecule is c1ccc(-c2nc(-c3ccc(-n4c5ccc6cccc7sc8cccc9ccc4c(c98)c5c67)cc3)nc3c2sc2ccccc23)cc1. The molecule has 218 valence electrons. The topological polar surface area (TPSA) is 30.7 Å². The molecule has 5 heteroatoms. The van der Waals surface area contributed by atoms with E-state index in [-0.39, 0.29) is 0 Å². The molecule has 11 rings (SSSR count). The zero-order valence-electron chi connectivity index (χ0n) is 24.9. The van der Waals surface area contributed by atoms with Crippen molar-refractivity contribution in [3.05, 3.63) is 140 Å². The second-order valence-corrected chi connectivity index (χ2v) is 14.3. The lowest BCUT2D eigenvalue weighted by Crippen LogP contribution is -1.96. The van der Waals surface area contributed by atoms with Gasteiger partial charge in [0.25, 0.3) is 0 Å². The summed E-state index contributed by atoms with van der Waals surface area (Å²) in [5, 5.41) is 9.10. The van der Waals surface area contributed by atoms with E-state index in [1.807, 2.05) is 11.3 Å². The molecular weight excluding hydrogens is 611 g/mol. The standard InChI is InChI=1S/C42H23N3S2/c1-2-8-26(9-3-1)39-41-40(29-12-4-5-13-32(29)47-41)44-42(43-39)27-16-20-28(21-17-27)45-30-22-18-24-10-6-14-33-35(24)37(30)38-31(45)23-19-25-11-7-15-34(46-33)36(25)38/h1-23H. The van der Waals surface area contributed by atoms with Crippen LogP contribution in [0.1, 0.15) is 0 Å². The maximum atomic E-state index is 5.20. The largest absolute Gasteiger partial charge is 0.309 e. The Labute approximate surface area is 276 Å². The van der Waals surface area contributed by atoms with Gasteiger partial charge in [-0.15, -0.1) is 22.7 Å². The minimum Gasteiger partial charge on any atom is -0.309 e. The lowest BCUT2D eigenvalue weighted by Gasteiger charge is -2.11. The molecule has 7 aromatic carbocycles. The molecule has 0 spiro atoms. The predicted octanol–water partition coefficient (Wildman–Crippen LogP) is 12.2. The Morgan fingerprint density at radius 1 is 0.447 bits per heavy atom. The Bertz CT molecular complexity index is 2900. The molecule has 0 saturated heterocycles. The highest BCUT2D eigenvalue weighted by molar-refractivity contribution is 7.26. The Morgan fingerprint density at radius 3 is 1.79 bits per heavy atom. The quantitative estimate of drug-likeness (QED) is 0.194. The number of thiophene rings is 1. The fourth-order valence-corrected chi connectivity index (χ4v) is 9.84. The molecule has 0 saturated carbocycles. The summed E-state index contributed by atoms with van der Waals surface area (Å²) >= 11 is 3.66. The first-order valence-electron chi connectivity index (χ1n) is 15.8. The van der Waals surface area contributed by atoms with Crippen molar-refractivity contribution in [3.8, 4) is 28.3 Å². The van der Waals surface area contributed by atoms with Crippen LogP contribution >= 0.6 is 22.7 Å². The first-order chi connectivity index (χ1) is 23.3. The summed E-state index contributed by atoms with van der Waals surface area (Å²) in [6, 6.07) is 50.3. The Kier molecular flexibility index (Phi) is 5.14. The van der Waals surface area contributed by atoms with Gasteiger partial charge in [-0.3, -0.25) is 0 Å². The molecule has 4 heterocycles. The molecule has 0 amide bonds. The lowest BCUT2D eigenvalue weighted by atomic mass is 10.00. The van der Waals surface area contributed by atoms with Crippen LogP contribution in [0.5, 0.6) is 0 Å². The first kappa shape index (κ1) is 25.6. The van der Waals surface area contributed by atoms with Crippen LogP contribution in [0.25, 0.3) is 101 Å². The van der Waals surface area contributed by atoms with Crippen molar-refractivity contribution in [2.45, 2.75) is 0 Å². The fourth-order valence-electron chi connectivity index (χ4n) is 7.52. The van der Waals surface area contributed by atoms with Gasteiger partial charge in [0.15, 0.2) is 5.82 Å². The number of rotatable bonds is 3. The molecule has 0 aliphatic heterocycles. The van der Waals surface area contributed by atoms with Crippen molar-refractivity contribution in [3.63, 3.8) is 0 Å². The van der Waals surface area contributed by atoms with Crippen molar-refractivity contribution in [1.29, 1.82) is 0 Å². The van der Waals surface area contributed by atoms with Gasteiger partial charge in [-0.2, -0.15) is 0 Å². The van der Waals surface area contributed by atoms with E-state index in [1.54, 1.807) is 11.3 Å². The van der Waals surface area contributed by atoms with Gasteiger partial charge in [0.05, 0.1) is 26.9 Å². The number of hydrogen-bond donors (Lipinski definition) is 0. The van der Waals surface area contributed by atoms with Gasteiger partial charge in [-0.05, 0) is 65.4 Å². The Morgan fingerprint density at radius 2 is 1.09 bits per heavy atom. The van der Waals surface area contributed by atoms with Crippen LogP contribution in [0.15, 0.2) is 140 Å². The maximum absolute atomic E-state index is 5.20. The van der Waals surface area contributed by atoms with Crippen LogP contribution in [0.3, 0.4) is 0 Å². The Balaban J connectivity index is 1.16. The van der Waals surface area contributed by atoms with Crippen molar-refractivity contribution in [1.82, 2.24) is 14.5 Å². The van der Waals surface area contributed by atoms with Crippen LogP contribution in [0.4, 0.5) is 0 Å². The molecule has 3 nitrogen and oxygen atoms in total. The highest BCUT2D eigenvalue weighted by Gasteiger charge is 2.21. The van der Waals surface area contributed by atoms with Crippen LogP contribution < -0.4 is 0 Å². The Hall–Kier alpha value is -5.62. The van der Waals surface area contributed by atoms with E-state index in [9.17, 15) is 0 Å². The third kappa shape index (κ3) is 3.55. The molecule has 0 aliphatic rings. The van der Waals surface area contributed by atoms with Crippen molar-refractivity contribution >= 4 is 95.7 Å². The first-order valence-corrected chi connectivity index (χ1v) is 17.4. The highest BCUT2D eigenvalue weighted by Crippen LogP contribution is 2.46. The number of nitrogens with zero attached hydrogens (tertiary/aromatic N) is 3. The zero-order valence-corrected chi connectivity index (χ0v) is 26.6. The second kappa shape index (κ2) is 9.46. The molecule has 0 aliphatic carbocycles. The second-order valence-electron chi connectivity index (χ2n) is 12.2. The van der Waals surface area contributed by atoms with Gasteiger partial charge in [0.1, 0.15) is 0 Å². The molecular formula is C42H23N3S2. The van der Waals surface area contributed by atoms with Gasteiger partial charge in [0, 0.05) is 57.8 Å². The summed E-state index contributed by atoms with van der Waals surface area (Å²) in [6.45, 7) is 0. The summed E-state index contributed by atoms with van der Waals surface area (Å²) in [4.78, 5) is 10.4. The summed E-state index contributed by atoms with van der Waals surface area (Å²) in [6.07, 6.45) is 0. The normalized spacial score (nSPS) is 12.3. The van der Waals surface area contributed by atoms with E-state index in [0.717, 1.165) is 38.5 Å². The van der Waals surface area contributed by atoms with E-state index in [2.05, 4.69) is 144 Å². The number of aromatic nitrogens is 3. The highest BCUT2D eigenvalue weighted by atomic mass is 32.1. The fraction of sp³-hybridized carbons (Fsp3) is 0. The molecule has 0 radical (unpaired) electrons.